The van der Waals surface area contributed by atoms with Gasteiger partial charge in [-0.3, -0.25) is 0 Å². The molecule has 2 rings (SSSR count). The first kappa shape index (κ1) is 11.0. The van der Waals surface area contributed by atoms with E-state index in [1.807, 2.05) is 11.4 Å². The molecule has 0 radical (unpaired) electrons. The molecule has 0 unspecified atom stereocenters. The van der Waals surface area contributed by atoms with Gasteiger partial charge in [0.25, 0.3) is 0 Å². The maximum Gasteiger partial charge on any atom is 0.168 e. The summed E-state index contributed by atoms with van der Waals surface area (Å²) in [7, 11) is 0. The Bertz CT molecular complexity index is 536. The van der Waals surface area contributed by atoms with E-state index in [0.717, 1.165) is 10.1 Å². The van der Waals surface area contributed by atoms with E-state index in [-0.39, 0.29) is 5.11 Å². The highest BCUT2D eigenvalue weighted by Gasteiger charge is 2.11. The van der Waals surface area contributed by atoms with Crippen molar-refractivity contribution in [1.29, 1.82) is 0 Å². The fraction of sp³-hybridized carbons (Fsp3) is 0. The van der Waals surface area contributed by atoms with Crippen LogP contribution < -0.4 is 11.1 Å². The highest BCUT2D eigenvalue weighted by molar-refractivity contribution is 7.80. The van der Waals surface area contributed by atoms with Gasteiger partial charge in [0.2, 0.25) is 0 Å². The van der Waals surface area contributed by atoms with Gasteiger partial charge in [0.15, 0.2) is 5.11 Å². The predicted molar refractivity (Wildman–Crippen MR) is 72.3 cm³/mol. The molecule has 3 N–H and O–H groups in total. The first-order chi connectivity index (χ1) is 7.09. The minimum absolute atomic E-state index is 0.173. The van der Waals surface area contributed by atoms with Crippen LogP contribution in [0.3, 0.4) is 0 Å². The lowest BCUT2D eigenvalue weighted by Gasteiger charge is -2.08. The Morgan fingerprint density at radius 1 is 1.33 bits per heavy atom. The van der Waals surface area contributed by atoms with E-state index in [1.54, 1.807) is 17.4 Å². The summed E-state index contributed by atoms with van der Waals surface area (Å²) >= 11 is 18.4. The number of fused-ring (bicyclic) bond motifs is 1. The first-order valence-corrected chi connectivity index (χ1v) is 6.05. The molecule has 0 aliphatic carbocycles. The number of thiophene rings is 1. The predicted octanol–water partition coefficient (Wildman–Crippen LogP) is 3.86. The summed E-state index contributed by atoms with van der Waals surface area (Å²) in [6, 6.07) is 3.70. The van der Waals surface area contributed by atoms with Gasteiger partial charge in [-0.05, 0) is 24.4 Å². The number of nitrogens with one attached hydrogen (secondary N) is 1. The topological polar surface area (TPSA) is 38.0 Å². The smallest absolute Gasteiger partial charge is 0.168 e. The second-order valence-corrected chi connectivity index (χ2v) is 5.03. The highest BCUT2D eigenvalue weighted by atomic mass is 35.5. The Labute approximate surface area is 106 Å². The van der Waals surface area contributed by atoms with Gasteiger partial charge < -0.3 is 11.1 Å². The van der Waals surface area contributed by atoms with Crippen LogP contribution in [0, 0.1) is 0 Å². The molecule has 0 amide bonds. The number of hydrogen-bond acceptors (Lipinski definition) is 2. The van der Waals surface area contributed by atoms with E-state index in [4.69, 9.17) is 41.2 Å². The van der Waals surface area contributed by atoms with Crippen molar-refractivity contribution in [2.24, 2.45) is 5.73 Å². The fourth-order valence-corrected chi connectivity index (χ4v) is 2.83. The molecule has 0 bridgehead atoms. The number of nitrogens with two attached hydrogens (primary N) is 1. The maximum atomic E-state index is 6.06. The molecule has 1 aromatic heterocycles. The van der Waals surface area contributed by atoms with Gasteiger partial charge in [-0.2, -0.15) is 0 Å². The van der Waals surface area contributed by atoms with Gasteiger partial charge in [0, 0.05) is 15.5 Å². The summed E-state index contributed by atoms with van der Waals surface area (Å²) in [5.41, 5.74) is 6.10. The monoisotopic (exact) mass is 276 g/mol. The summed E-state index contributed by atoms with van der Waals surface area (Å²) in [4.78, 5) is 0. The Hall–Kier alpha value is -0.550. The van der Waals surface area contributed by atoms with Crippen LogP contribution in [0.1, 0.15) is 0 Å². The van der Waals surface area contributed by atoms with Gasteiger partial charge in [0.1, 0.15) is 0 Å². The van der Waals surface area contributed by atoms with E-state index >= 15 is 0 Å². The highest BCUT2D eigenvalue weighted by Crippen LogP contribution is 2.39. The van der Waals surface area contributed by atoms with E-state index in [0.29, 0.717) is 15.7 Å². The molecule has 2 nitrogen and oxygen atoms in total. The Morgan fingerprint density at radius 2 is 2.07 bits per heavy atom. The minimum Gasteiger partial charge on any atom is -0.376 e. The third-order valence-corrected chi connectivity index (χ3v) is 3.68. The number of thiocarbonyl (C=S) groups is 1. The SMILES string of the molecule is NC(=S)Nc1c(Cl)ccc2scc(Cl)c12. The van der Waals surface area contributed by atoms with E-state index < -0.39 is 0 Å². The average molecular weight is 277 g/mol. The van der Waals surface area contributed by atoms with Crippen molar-refractivity contribution in [2.45, 2.75) is 0 Å². The van der Waals surface area contributed by atoms with E-state index in [2.05, 4.69) is 5.32 Å². The largest absolute Gasteiger partial charge is 0.376 e. The van der Waals surface area contributed by atoms with Gasteiger partial charge in [-0.25, -0.2) is 0 Å². The quantitative estimate of drug-likeness (QED) is 0.777. The molecule has 1 aromatic carbocycles. The molecule has 2 aromatic rings. The van der Waals surface area contributed by atoms with Crippen molar-refractivity contribution in [1.82, 2.24) is 0 Å². The van der Waals surface area contributed by atoms with Crippen LogP contribution in [0.5, 0.6) is 0 Å². The second-order valence-electron chi connectivity index (χ2n) is 2.87. The lowest BCUT2D eigenvalue weighted by atomic mass is 10.2. The van der Waals surface area contributed by atoms with Gasteiger partial charge in [-0.1, -0.05) is 23.2 Å². The van der Waals surface area contributed by atoms with Gasteiger partial charge in [0.05, 0.1) is 15.7 Å². The summed E-state index contributed by atoms with van der Waals surface area (Å²) in [6.45, 7) is 0. The zero-order valence-corrected chi connectivity index (χ0v) is 10.5. The first-order valence-electron chi connectivity index (χ1n) is 4.01. The minimum atomic E-state index is 0.173. The van der Waals surface area contributed by atoms with Crippen LogP contribution in [0.2, 0.25) is 10.0 Å². The molecule has 0 atom stereocenters. The van der Waals surface area contributed by atoms with Crippen molar-refractivity contribution in [3.05, 3.63) is 27.6 Å². The van der Waals surface area contributed by atoms with Gasteiger partial charge >= 0.3 is 0 Å². The lowest BCUT2D eigenvalue weighted by molar-refractivity contribution is 1.66. The molecular weight excluding hydrogens is 271 g/mol. The molecule has 0 aliphatic rings. The molecule has 0 saturated carbocycles. The third kappa shape index (κ3) is 2.03. The average Bonchev–Trinajstić information content (AvgIpc) is 2.52. The van der Waals surface area contributed by atoms with E-state index in [9.17, 15) is 0 Å². The van der Waals surface area contributed by atoms with Crippen LogP contribution in [0.4, 0.5) is 5.69 Å². The number of hydrogen-bond donors (Lipinski definition) is 2. The zero-order valence-electron chi connectivity index (χ0n) is 7.38. The Balaban J connectivity index is 2.72. The van der Waals surface area contributed by atoms with Crippen LogP contribution >= 0.6 is 46.8 Å². The molecule has 0 aliphatic heterocycles. The van der Waals surface area contributed by atoms with Crippen molar-refractivity contribution in [3.8, 4) is 0 Å². The summed E-state index contributed by atoms with van der Waals surface area (Å²) in [5.74, 6) is 0. The molecule has 0 fully saturated rings. The van der Waals surface area contributed by atoms with Crippen LogP contribution in [-0.2, 0) is 0 Å². The molecule has 0 saturated heterocycles. The summed E-state index contributed by atoms with van der Waals surface area (Å²) < 4.78 is 1.04. The maximum absolute atomic E-state index is 6.06. The third-order valence-electron chi connectivity index (χ3n) is 1.89. The summed E-state index contributed by atoms with van der Waals surface area (Å²) in [6.07, 6.45) is 0. The van der Waals surface area contributed by atoms with Crippen molar-refractivity contribution in [2.75, 3.05) is 5.32 Å². The van der Waals surface area contributed by atoms with E-state index in [1.165, 1.54) is 0 Å². The Morgan fingerprint density at radius 3 is 2.73 bits per heavy atom. The molecule has 0 spiro atoms. The molecule has 15 heavy (non-hydrogen) atoms. The van der Waals surface area contributed by atoms with Crippen molar-refractivity contribution in [3.63, 3.8) is 0 Å². The number of rotatable bonds is 1. The van der Waals surface area contributed by atoms with Crippen molar-refractivity contribution < 1.29 is 0 Å². The van der Waals surface area contributed by atoms with Crippen LogP contribution in [-0.4, -0.2) is 5.11 Å². The number of benzene rings is 1. The summed E-state index contributed by atoms with van der Waals surface area (Å²) in [5, 5.41) is 6.93. The molecule has 1 heterocycles. The fourth-order valence-electron chi connectivity index (χ4n) is 1.31. The normalized spacial score (nSPS) is 10.5. The van der Waals surface area contributed by atoms with Crippen LogP contribution in [0.15, 0.2) is 17.5 Å². The molecule has 78 valence electrons. The zero-order chi connectivity index (χ0) is 11.0. The second kappa shape index (κ2) is 4.14. The van der Waals surface area contributed by atoms with Gasteiger partial charge in [-0.15, -0.1) is 11.3 Å². The number of anilines is 1. The standard InChI is InChI=1S/C9H6Cl2N2S2/c10-4-1-2-6-7(5(11)3-15-6)8(4)13-9(12)14/h1-3H,(H3,12,13,14). The van der Waals surface area contributed by atoms with Crippen LogP contribution in [0.25, 0.3) is 10.1 Å². The molecular formula is C9H6Cl2N2S2. The van der Waals surface area contributed by atoms with Crippen molar-refractivity contribution >= 4 is 67.6 Å². The lowest BCUT2D eigenvalue weighted by Crippen LogP contribution is -2.19. The number of halogens is 2. The molecule has 6 heteroatoms. The Kier molecular flexibility index (Phi) is 3.02.